The first-order chi connectivity index (χ1) is 14.3. The molecule has 2 aliphatic heterocycles. The number of benzene rings is 1. The van der Waals surface area contributed by atoms with E-state index in [1.807, 2.05) is 0 Å². The number of carbonyl (C=O) groups excluding carboxylic acids is 3. The minimum absolute atomic E-state index is 0.0818. The zero-order valence-corrected chi connectivity index (χ0v) is 17.7. The third-order valence-corrected chi connectivity index (χ3v) is 6.67. The summed E-state index contributed by atoms with van der Waals surface area (Å²) in [6.07, 6.45) is 5.66. The smallest absolute Gasteiger partial charge is 0.255 e. The number of hydrogen-bond acceptors (Lipinski definition) is 4. The van der Waals surface area contributed by atoms with Crippen molar-refractivity contribution in [1.82, 2.24) is 15.5 Å². The molecule has 1 saturated heterocycles. The van der Waals surface area contributed by atoms with Gasteiger partial charge in [-0.3, -0.25) is 19.7 Å². The van der Waals surface area contributed by atoms with Crippen LogP contribution in [0.1, 0.15) is 73.9 Å². The van der Waals surface area contributed by atoms with Crippen molar-refractivity contribution in [3.05, 3.63) is 34.6 Å². The largest absolute Gasteiger partial charge is 0.322 e. The van der Waals surface area contributed by atoms with Gasteiger partial charge in [0.2, 0.25) is 11.8 Å². The zero-order valence-electron chi connectivity index (χ0n) is 17.7. The number of fused-ring (bicyclic) bond motifs is 1. The zero-order chi connectivity index (χ0) is 21.4. The Labute approximate surface area is 176 Å². The number of imide groups is 1. The molecule has 2 heterocycles. The van der Waals surface area contributed by atoms with Crippen LogP contribution in [-0.4, -0.2) is 40.7 Å². The summed E-state index contributed by atoms with van der Waals surface area (Å²) < 4.78 is 15.4. The lowest BCUT2D eigenvalue weighted by Crippen LogP contribution is -2.52. The molecule has 1 aromatic carbocycles. The first-order valence-corrected chi connectivity index (χ1v) is 11.1. The first-order valence-electron chi connectivity index (χ1n) is 11.1. The average molecular weight is 416 g/mol. The van der Waals surface area contributed by atoms with Crippen molar-refractivity contribution >= 4 is 17.7 Å². The third kappa shape index (κ3) is 4.00. The van der Waals surface area contributed by atoms with Gasteiger partial charge in [-0.2, -0.15) is 0 Å². The molecule has 3 amide bonds. The Kier molecular flexibility index (Phi) is 5.91. The molecule has 6 nitrogen and oxygen atoms in total. The van der Waals surface area contributed by atoms with Gasteiger partial charge >= 0.3 is 0 Å². The molecule has 3 aliphatic rings. The van der Waals surface area contributed by atoms with Crippen LogP contribution in [0.4, 0.5) is 4.39 Å². The summed E-state index contributed by atoms with van der Waals surface area (Å²) >= 11 is 0. The van der Waals surface area contributed by atoms with E-state index >= 15 is 4.39 Å². The first kappa shape index (κ1) is 21.0. The van der Waals surface area contributed by atoms with Crippen LogP contribution in [0, 0.1) is 11.7 Å². The molecule has 7 heteroatoms. The predicted octanol–water partition coefficient (Wildman–Crippen LogP) is 2.69. The molecule has 4 rings (SSSR count). The van der Waals surface area contributed by atoms with Crippen LogP contribution >= 0.6 is 0 Å². The van der Waals surface area contributed by atoms with Gasteiger partial charge in [-0.1, -0.05) is 32.8 Å². The third-order valence-electron chi connectivity index (χ3n) is 6.67. The number of carbonyl (C=O) groups is 3. The summed E-state index contributed by atoms with van der Waals surface area (Å²) in [4.78, 5) is 37.9. The minimum atomic E-state index is -0.719. The molecule has 30 heavy (non-hydrogen) atoms. The van der Waals surface area contributed by atoms with Crippen molar-refractivity contribution in [2.24, 2.45) is 5.92 Å². The van der Waals surface area contributed by atoms with Gasteiger partial charge in [-0.15, -0.1) is 0 Å². The quantitative estimate of drug-likeness (QED) is 0.725. The van der Waals surface area contributed by atoms with Gasteiger partial charge in [0.15, 0.2) is 0 Å². The molecule has 1 saturated carbocycles. The molecule has 3 atom stereocenters. The molecule has 0 bridgehead atoms. The van der Waals surface area contributed by atoms with E-state index in [-0.39, 0.29) is 37.0 Å². The van der Waals surface area contributed by atoms with E-state index in [1.165, 1.54) is 11.3 Å². The molecule has 162 valence electrons. The summed E-state index contributed by atoms with van der Waals surface area (Å²) in [7, 11) is 0. The average Bonchev–Trinajstić information content (AvgIpc) is 3.02. The van der Waals surface area contributed by atoms with Crippen molar-refractivity contribution in [2.75, 3.05) is 0 Å². The minimum Gasteiger partial charge on any atom is -0.322 e. The van der Waals surface area contributed by atoms with Gasteiger partial charge in [0.1, 0.15) is 11.9 Å². The fourth-order valence-electron chi connectivity index (χ4n) is 5.19. The lowest BCUT2D eigenvalue weighted by atomic mass is 9.80. The summed E-state index contributed by atoms with van der Waals surface area (Å²) in [6.45, 7) is 4.35. The monoisotopic (exact) mass is 415 g/mol. The van der Waals surface area contributed by atoms with Gasteiger partial charge < -0.3 is 10.2 Å². The van der Waals surface area contributed by atoms with Crippen LogP contribution in [0.5, 0.6) is 0 Å². The van der Waals surface area contributed by atoms with E-state index in [0.717, 1.165) is 19.3 Å². The second-order valence-electron chi connectivity index (χ2n) is 9.14. The Balaban J connectivity index is 1.53. The maximum Gasteiger partial charge on any atom is 0.255 e. The van der Waals surface area contributed by atoms with Crippen LogP contribution in [0.15, 0.2) is 12.1 Å². The highest BCUT2D eigenvalue weighted by atomic mass is 19.1. The van der Waals surface area contributed by atoms with Crippen LogP contribution in [0.25, 0.3) is 0 Å². The van der Waals surface area contributed by atoms with Gasteiger partial charge in [-0.05, 0) is 43.2 Å². The molecule has 0 spiro atoms. The number of rotatable bonds is 5. The molecule has 0 aromatic heterocycles. The second kappa shape index (κ2) is 8.46. The SMILES string of the molecule is CC(C)N[C@H]1CCCC[C@@H]1Cc1ccc2c(c1F)CN(C1CCC(=O)NC1=O)C2=O. The number of piperidine rings is 1. The van der Waals surface area contributed by atoms with Crippen LogP contribution in [0.2, 0.25) is 0 Å². The maximum absolute atomic E-state index is 15.4. The van der Waals surface area contributed by atoms with Crippen LogP contribution in [-0.2, 0) is 22.6 Å². The molecular formula is C23H30FN3O3. The summed E-state index contributed by atoms with van der Waals surface area (Å²) in [5.41, 5.74) is 1.36. The van der Waals surface area contributed by atoms with Crippen LogP contribution < -0.4 is 10.6 Å². The predicted molar refractivity (Wildman–Crippen MR) is 110 cm³/mol. The van der Waals surface area contributed by atoms with E-state index in [2.05, 4.69) is 24.5 Å². The van der Waals surface area contributed by atoms with Gasteiger partial charge in [0.25, 0.3) is 5.91 Å². The molecule has 1 aliphatic carbocycles. The number of amides is 3. The Morgan fingerprint density at radius 2 is 1.93 bits per heavy atom. The van der Waals surface area contributed by atoms with E-state index in [1.54, 1.807) is 12.1 Å². The summed E-state index contributed by atoms with van der Waals surface area (Å²) in [6, 6.07) is 3.49. The highest BCUT2D eigenvalue weighted by Crippen LogP contribution is 2.34. The van der Waals surface area contributed by atoms with Crippen molar-refractivity contribution in [3.8, 4) is 0 Å². The van der Waals surface area contributed by atoms with Gasteiger partial charge in [0, 0.05) is 29.6 Å². The standard InChI is InChI=1S/C23H30FN3O3/c1-13(2)25-18-6-4-3-5-14(18)11-15-7-8-16-17(21(15)24)12-27(23(16)30)19-9-10-20(28)26-22(19)29/h7-8,13-14,18-19,25H,3-6,9-12H2,1-2H3,(H,26,28,29)/t14-,18+,19?/m1/s1. The lowest BCUT2D eigenvalue weighted by molar-refractivity contribution is -0.136. The maximum atomic E-state index is 15.4. The summed E-state index contributed by atoms with van der Waals surface area (Å²) in [5, 5.41) is 5.91. The van der Waals surface area contributed by atoms with Crippen LogP contribution in [0.3, 0.4) is 0 Å². The highest BCUT2D eigenvalue weighted by Gasteiger charge is 2.40. The molecule has 2 N–H and O–H groups in total. The molecule has 1 aromatic rings. The van der Waals surface area contributed by atoms with E-state index in [9.17, 15) is 14.4 Å². The molecule has 1 unspecified atom stereocenters. The summed E-state index contributed by atoms with van der Waals surface area (Å²) in [5.74, 6) is -1.08. The van der Waals surface area contributed by atoms with Crippen molar-refractivity contribution in [1.29, 1.82) is 0 Å². The van der Waals surface area contributed by atoms with E-state index in [0.29, 0.717) is 41.1 Å². The number of hydrogen-bond donors (Lipinski definition) is 2. The fraction of sp³-hybridized carbons (Fsp3) is 0.609. The Hall–Kier alpha value is -2.28. The van der Waals surface area contributed by atoms with Crippen molar-refractivity contribution in [2.45, 2.75) is 83.5 Å². The topological polar surface area (TPSA) is 78.5 Å². The fourth-order valence-corrected chi connectivity index (χ4v) is 5.19. The van der Waals surface area contributed by atoms with Gasteiger partial charge in [-0.25, -0.2) is 4.39 Å². The molecule has 2 fully saturated rings. The van der Waals surface area contributed by atoms with Crippen molar-refractivity contribution < 1.29 is 18.8 Å². The number of nitrogens with zero attached hydrogens (tertiary/aromatic N) is 1. The van der Waals surface area contributed by atoms with E-state index in [4.69, 9.17) is 0 Å². The number of nitrogens with one attached hydrogen (secondary N) is 2. The molecule has 0 radical (unpaired) electrons. The van der Waals surface area contributed by atoms with E-state index < -0.39 is 11.9 Å². The second-order valence-corrected chi connectivity index (χ2v) is 9.14. The Bertz CT molecular complexity index is 869. The lowest BCUT2D eigenvalue weighted by Gasteiger charge is -2.34. The van der Waals surface area contributed by atoms with Gasteiger partial charge in [0.05, 0.1) is 6.54 Å². The molecular weight excluding hydrogens is 385 g/mol. The normalized spacial score (nSPS) is 26.9. The Morgan fingerprint density at radius 1 is 1.17 bits per heavy atom. The number of halogens is 1. The highest BCUT2D eigenvalue weighted by molar-refractivity contribution is 6.05. The Morgan fingerprint density at radius 3 is 2.67 bits per heavy atom. The van der Waals surface area contributed by atoms with Crippen molar-refractivity contribution in [3.63, 3.8) is 0 Å².